The van der Waals surface area contributed by atoms with Crippen LogP contribution in [0.15, 0.2) is 61.2 Å². The maximum absolute atomic E-state index is 12.9. The largest absolute Gasteiger partial charge is 0.506 e. The number of likely N-dealkylation sites (N-methyl/N-ethyl adjacent to an activating group) is 1. The van der Waals surface area contributed by atoms with E-state index in [0.29, 0.717) is 17.3 Å². The van der Waals surface area contributed by atoms with Crippen molar-refractivity contribution in [3.63, 3.8) is 0 Å². The Balaban J connectivity index is 1.31. The van der Waals surface area contributed by atoms with E-state index in [9.17, 15) is 9.90 Å². The highest BCUT2D eigenvalue weighted by Gasteiger charge is 2.26. The Hall–Kier alpha value is -3.19. The van der Waals surface area contributed by atoms with E-state index in [1.54, 1.807) is 12.1 Å². The number of hydrogen-bond acceptors (Lipinski definition) is 5. The Kier molecular flexibility index (Phi) is 6.09. The molecule has 4 rings (SSSR count). The van der Waals surface area contributed by atoms with Crippen molar-refractivity contribution in [2.75, 3.05) is 26.7 Å². The van der Waals surface area contributed by atoms with Gasteiger partial charge < -0.3 is 14.9 Å². The monoisotopic (exact) mass is 405 g/mol. The van der Waals surface area contributed by atoms with E-state index in [0.717, 1.165) is 38.9 Å². The van der Waals surface area contributed by atoms with Crippen molar-refractivity contribution in [1.82, 2.24) is 24.6 Å². The van der Waals surface area contributed by atoms with Gasteiger partial charge in [0.05, 0.1) is 0 Å². The van der Waals surface area contributed by atoms with Gasteiger partial charge in [-0.05, 0) is 50.1 Å². The van der Waals surface area contributed by atoms with Gasteiger partial charge in [0.2, 0.25) is 0 Å². The van der Waals surface area contributed by atoms with Crippen LogP contribution in [0.5, 0.6) is 5.75 Å². The van der Waals surface area contributed by atoms with Crippen LogP contribution in [-0.4, -0.2) is 68.3 Å². The summed E-state index contributed by atoms with van der Waals surface area (Å²) < 4.78 is 1.47. The van der Waals surface area contributed by atoms with Gasteiger partial charge in [-0.3, -0.25) is 4.79 Å². The van der Waals surface area contributed by atoms with Crippen LogP contribution in [0.2, 0.25) is 0 Å². The van der Waals surface area contributed by atoms with E-state index >= 15 is 0 Å². The van der Waals surface area contributed by atoms with Gasteiger partial charge in [-0.1, -0.05) is 30.3 Å². The van der Waals surface area contributed by atoms with Crippen LogP contribution in [0.25, 0.3) is 5.69 Å². The van der Waals surface area contributed by atoms with Crippen molar-refractivity contribution in [1.29, 1.82) is 0 Å². The van der Waals surface area contributed by atoms with Crippen LogP contribution >= 0.6 is 0 Å². The van der Waals surface area contributed by atoms with E-state index < -0.39 is 0 Å². The summed E-state index contributed by atoms with van der Waals surface area (Å²) in [5.74, 6) is -0.0253. The number of likely N-dealkylation sites (tertiary alicyclic amines) is 1. The van der Waals surface area contributed by atoms with E-state index in [-0.39, 0.29) is 11.7 Å². The molecule has 1 amide bonds. The maximum Gasteiger partial charge on any atom is 0.253 e. The molecule has 1 aliphatic heterocycles. The Morgan fingerprint density at radius 1 is 1.17 bits per heavy atom. The molecule has 0 bridgehead atoms. The first-order chi connectivity index (χ1) is 14.6. The zero-order valence-corrected chi connectivity index (χ0v) is 17.2. The summed E-state index contributed by atoms with van der Waals surface area (Å²) in [7, 11) is 2.17. The second kappa shape index (κ2) is 9.09. The number of phenolic OH excluding ortho intramolecular Hbond substituents is 1. The number of amides is 1. The predicted octanol–water partition coefficient (Wildman–Crippen LogP) is 2.75. The predicted molar refractivity (Wildman–Crippen MR) is 115 cm³/mol. The Labute approximate surface area is 176 Å². The molecule has 7 heteroatoms. The number of carbonyl (C=O) groups excluding carboxylic acids is 1. The van der Waals surface area contributed by atoms with Crippen molar-refractivity contribution in [3.8, 4) is 11.4 Å². The number of piperidine rings is 1. The van der Waals surface area contributed by atoms with Gasteiger partial charge in [-0.25, -0.2) is 9.67 Å². The molecule has 156 valence electrons. The van der Waals surface area contributed by atoms with Crippen LogP contribution < -0.4 is 0 Å². The van der Waals surface area contributed by atoms with Crippen molar-refractivity contribution in [3.05, 3.63) is 72.3 Å². The summed E-state index contributed by atoms with van der Waals surface area (Å²) in [5.41, 5.74) is 2.35. The SMILES string of the molecule is CN(CCc1ccccc1)C1CCN(C(=O)c2ccc(-n3cncn3)c(O)c2)CC1. The van der Waals surface area contributed by atoms with E-state index in [4.69, 9.17) is 0 Å². The van der Waals surface area contributed by atoms with Crippen molar-refractivity contribution < 1.29 is 9.90 Å². The number of rotatable bonds is 6. The highest BCUT2D eigenvalue weighted by molar-refractivity contribution is 5.95. The number of phenols is 1. The Bertz CT molecular complexity index is 967. The summed E-state index contributed by atoms with van der Waals surface area (Å²) >= 11 is 0. The normalized spacial score (nSPS) is 14.9. The van der Waals surface area contributed by atoms with Crippen LogP contribution in [-0.2, 0) is 6.42 Å². The van der Waals surface area contributed by atoms with Gasteiger partial charge in [-0.2, -0.15) is 5.10 Å². The molecular formula is C23H27N5O2. The lowest BCUT2D eigenvalue weighted by molar-refractivity contribution is 0.0646. The molecule has 1 saturated heterocycles. The molecule has 7 nitrogen and oxygen atoms in total. The first-order valence-corrected chi connectivity index (χ1v) is 10.3. The fourth-order valence-corrected chi connectivity index (χ4v) is 4.01. The molecule has 0 saturated carbocycles. The quantitative estimate of drug-likeness (QED) is 0.683. The smallest absolute Gasteiger partial charge is 0.253 e. The highest BCUT2D eigenvalue weighted by Crippen LogP contribution is 2.24. The third kappa shape index (κ3) is 4.52. The molecule has 0 spiro atoms. The average Bonchev–Trinajstić information content (AvgIpc) is 3.32. The molecule has 1 aliphatic rings. The van der Waals surface area contributed by atoms with Crippen LogP contribution in [0.3, 0.4) is 0 Å². The zero-order valence-electron chi connectivity index (χ0n) is 17.2. The Morgan fingerprint density at radius 3 is 2.60 bits per heavy atom. The van der Waals surface area contributed by atoms with Crippen molar-refractivity contribution in [2.24, 2.45) is 0 Å². The zero-order chi connectivity index (χ0) is 20.9. The number of carbonyl (C=O) groups is 1. The first-order valence-electron chi connectivity index (χ1n) is 10.3. The molecule has 2 heterocycles. The lowest BCUT2D eigenvalue weighted by Crippen LogP contribution is -2.46. The highest BCUT2D eigenvalue weighted by atomic mass is 16.3. The fourth-order valence-electron chi connectivity index (χ4n) is 4.01. The molecule has 1 N–H and O–H groups in total. The third-order valence-corrected chi connectivity index (χ3v) is 5.86. The first kappa shape index (κ1) is 20.1. The standard InChI is InChI=1S/C23H27N5O2/c1-26(12-9-18-5-3-2-4-6-18)20-10-13-27(14-11-20)23(30)19-7-8-21(22(29)15-19)28-17-24-16-25-28/h2-8,15-17,20,29H,9-14H2,1H3. The number of nitrogens with zero attached hydrogens (tertiary/aromatic N) is 5. The van der Waals surface area contributed by atoms with Gasteiger partial charge >= 0.3 is 0 Å². The molecule has 1 aromatic heterocycles. The average molecular weight is 406 g/mol. The molecular weight excluding hydrogens is 378 g/mol. The maximum atomic E-state index is 12.9. The number of aromatic hydroxyl groups is 1. The third-order valence-electron chi connectivity index (χ3n) is 5.86. The molecule has 0 atom stereocenters. The van der Waals surface area contributed by atoms with Gasteiger partial charge in [0, 0.05) is 31.2 Å². The van der Waals surface area contributed by atoms with Crippen molar-refractivity contribution in [2.45, 2.75) is 25.3 Å². The van der Waals surface area contributed by atoms with E-state index in [2.05, 4.69) is 46.3 Å². The van der Waals surface area contributed by atoms with Gasteiger partial charge in [0.15, 0.2) is 0 Å². The summed E-state index contributed by atoms with van der Waals surface area (Å²) in [6.45, 7) is 2.47. The van der Waals surface area contributed by atoms with E-state index in [1.807, 2.05) is 11.0 Å². The number of aromatic nitrogens is 3. The molecule has 2 aromatic carbocycles. The van der Waals surface area contributed by atoms with Crippen LogP contribution in [0, 0.1) is 0 Å². The summed E-state index contributed by atoms with van der Waals surface area (Å²) in [5, 5.41) is 14.3. The summed E-state index contributed by atoms with van der Waals surface area (Å²) in [6, 6.07) is 16.0. The minimum Gasteiger partial charge on any atom is -0.506 e. The summed E-state index contributed by atoms with van der Waals surface area (Å²) in [4.78, 5) is 21.1. The minimum atomic E-state index is -0.0409. The fraction of sp³-hybridized carbons (Fsp3) is 0.348. The molecule has 3 aromatic rings. The van der Waals surface area contributed by atoms with E-state index in [1.165, 1.54) is 29.0 Å². The van der Waals surface area contributed by atoms with Crippen LogP contribution in [0.1, 0.15) is 28.8 Å². The molecule has 30 heavy (non-hydrogen) atoms. The van der Waals surface area contributed by atoms with Gasteiger partial charge in [0.1, 0.15) is 24.1 Å². The van der Waals surface area contributed by atoms with Crippen LogP contribution in [0.4, 0.5) is 0 Å². The topological polar surface area (TPSA) is 74.5 Å². The minimum absolute atomic E-state index is 0.0156. The number of hydrogen-bond donors (Lipinski definition) is 1. The lowest BCUT2D eigenvalue weighted by atomic mass is 10.0. The summed E-state index contributed by atoms with van der Waals surface area (Å²) in [6.07, 6.45) is 5.86. The van der Waals surface area contributed by atoms with Crippen molar-refractivity contribution >= 4 is 5.91 Å². The molecule has 0 aliphatic carbocycles. The second-order valence-electron chi connectivity index (χ2n) is 7.78. The molecule has 1 fully saturated rings. The van der Waals surface area contributed by atoms with Gasteiger partial charge in [0.25, 0.3) is 5.91 Å². The number of benzene rings is 2. The Morgan fingerprint density at radius 2 is 1.93 bits per heavy atom. The molecule has 0 unspecified atom stereocenters. The lowest BCUT2D eigenvalue weighted by Gasteiger charge is -2.37. The van der Waals surface area contributed by atoms with Gasteiger partial charge in [-0.15, -0.1) is 0 Å². The molecule has 0 radical (unpaired) electrons. The second-order valence-corrected chi connectivity index (χ2v) is 7.78.